The summed E-state index contributed by atoms with van der Waals surface area (Å²) in [6.07, 6.45) is 2.17. The van der Waals surface area contributed by atoms with Crippen molar-refractivity contribution in [3.8, 4) is 0 Å². The molecule has 3 N–H and O–H groups in total. The molecule has 2 aromatic rings. The van der Waals surface area contributed by atoms with Gasteiger partial charge >= 0.3 is 6.09 Å². The van der Waals surface area contributed by atoms with E-state index in [0.717, 1.165) is 25.1 Å². The van der Waals surface area contributed by atoms with E-state index in [-0.39, 0.29) is 12.4 Å². The molecule has 1 saturated heterocycles. The number of alkyl carbamates (subject to hydrolysis) is 1. The lowest BCUT2D eigenvalue weighted by Gasteiger charge is -2.18. The van der Waals surface area contributed by atoms with Crippen LogP contribution < -0.4 is 10.6 Å². The van der Waals surface area contributed by atoms with E-state index in [1.165, 1.54) is 6.07 Å². The minimum absolute atomic E-state index is 0.220. The molecule has 0 spiro atoms. The van der Waals surface area contributed by atoms with Crippen molar-refractivity contribution < 1.29 is 19.2 Å². The average molecular weight is 356 g/mol. The molecule has 0 bridgehead atoms. The number of pyridine rings is 1. The second-order valence-electron chi connectivity index (χ2n) is 7.10. The number of rotatable bonds is 5. The number of hydrogen-bond donors (Lipinski definition) is 2. The van der Waals surface area contributed by atoms with Gasteiger partial charge in [0.15, 0.2) is 0 Å². The monoisotopic (exact) mass is 356 g/mol. The fourth-order valence-corrected chi connectivity index (χ4v) is 4.45. The number of fused-ring (bicyclic) bond motifs is 1. The van der Waals surface area contributed by atoms with Crippen LogP contribution in [0.4, 0.5) is 9.18 Å². The van der Waals surface area contributed by atoms with Crippen LogP contribution in [0, 0.1) is 17.7 Å². The Hall–Kier alpha value is -2.47. The summed E-state index contributed by atoms with van der Waals surface area (Å²) in [5.41, 5.74) is 1.00. The predicted molar refractivity (Wildman–Crippen MR) is 93.8 cm³/mol. The molecule has 136 valence electrons. The number of nitrogens with one attached hydrogen (secondary N) is 1. The summed E-state index contributed by atoms with van der Waals surface area (Å²) in [6, 6.07) is 12.6. The largest absolute Gasteiger partial charge is 0.445 e. The van der Waals surface area contributed by atoms with E-state index < -0.39 is 11.5 Å². The molecule has 1 aromatic heterocycles. The minimum atomic E-state index is -0.475. The molecule has 2 heterocycles. The smallest absolute Gasteiger partial charge is 0.407 e. The summed E-state index contributed by atoms with van der Waals surface area (Å²) in [5, 5.41) is 5.12. The molecule has 1 amide bonds. The molecule has 3 unspecified atom stereocenters. The summed E-state index contributed by atoms with van der Waals surface area (Å²) < 4.78 is 19.7. The minimum Gasteiger partial charge on any atom is -0.445 e. The Bertz CT molecular complexity index is 772. The van der Waals surface area contributed by atoms with E-state index >= 15 is 0 Å². The van der Waals surface area contributed by atoms with Crippen molar-refractivity contribution >= 4 is 6.09 Å². The van der Waals surface area contributed by atoms with Gasteiger partial charge in [0.1, 0.15) is 12.4 Å². The maximum absolute atomic E-state index is 14.4. The number of quaternary nitrogens is 1. The fraction of sp³-hybridized carbons (Fsp3) is 0.400. The number of piperidine rings is 1. The number of carbonyl (C=O) groups is 1. The third-order valence-electron chi connectivity index (χ3n) is 5.74. The van der Waals surface area contributed by atoms with Gasteiger partial charge in [-0.2, -0.15) is 0 Å². The lowest BCUT2D eigenvalue weighted by Crippen LogP contribution is -2.86. The van der Waals surface area contributed by atoms with Crippen LogP contribution in [0.2, 0.25) is 0 Å². The third-order valence-corrected chi connectivity index (χ3v) is 5.74. The molecule has 1 aliphatic carbocycles. The highest BCUT2D eigenvalue weighted by atomic mass is 19.1. The summed E-state index contributed by atoms with van der Waals surface area (Å²) in [6.45, 7) is 2.56. The highest BCUT2D eigenvalue weighted by Crippen LogP contribution is 2.61. The molecular formula is C20H23FN3O2+. The summed E-state index contributed by atoms with van der Waals surface area (Å²) in [5.74, 6) is 0.419. The molecular weight excluding hydrogens is 333 g/mol. The highest BCUT2D eigenvalue weighted by Gasteiger charge is 2.68. The van der Waals surface area contributed by atoms with Gasteiger partial charge in [-0.15, -0.1) is 0 Å². The molecule has 0 radical (unpaired) electrons. The molecule has 26 heavy (non-hydrogen) atoms. The molecule has 3 atom stereocenters. The van der Waals surface area contributed by atoms with Crippen LogP contribution in [0.25, 0.3) is 0 Å². The van der Waals surface area contributed by atoms with Crippen molar-refractivity contribution in [2.75, 3.05) is 19.6 Å². The number of halogens is 1. The Kier molecular flexibility index (Phi) is 4.59. The van der Waals surface area contributed by atoms with Crippen molar-refractivity contribution in [3.63, 3.8) is 0 Å². The lowest BCUT2D eigenvalue weighted by molar-refractivity contribution is -0.664. The molecule has 4 rings (SSSR count). The van der Waals surface area contributed by atoms with E-state index in [9.17, 15) is 9.18 Å². The first-order valence-electron chi connectivity index (χ1n) is 9.09. The zero-order chi connectivity index (χ0) is 18.0. The molecule has 6 heteroatoms. The van der Waals surface area contributed by atoms with Gasteiger partial charge in [-0.05, 0) is 23.6 Å². The number of benzene rings is 1. The zero-order valence-corrected chi connectivity index (χ0v) is 14.5. The highest BCUT2D eigenvalue weighted by molar-refractivity contribution is 5.67. The van der Waals surface area contributed by atoms with Crippen LogP contribution in [0.1, 0.15) is 17.7 Å². The zero-order valence-electron chi connectivity index (χ0n) is 14.5. The molecule has 1 aromatic carbocycles. The van der Waals surface area contributed by atoms with E-state index in [1.807, 2.05) is 30.3 Å². The number of carbonyl (C=O) groups excluding carboxylic acids is 1. The van der Waals surface area contributed by atoms with Gasteiger partial charge < -0.3 is 15.4 Å². The van der Waals surface area contributed by atoms with Gasteiger partial charge in [0, 0.05) is 30.5 Å². The maximum atomic E-state index is 14.4. The van der Waals surface area contributed by atoms with Gasteiger partial charge in [0.05, 0.1) is 18.8 Å². The number of nitrogens with zero attached hydrogens (tertiary/aromatic N) is 1. The van der Waals surface area contributed by atoms with Crippen molar-refractivity contribution in [2.24, 2.45) is 11.8 Å². The molecule has 2 aliphatic rings. The number of nitrogens with two attached hydrogens (primary N) is 1. The number of amides is 1. The van der Waals surface area contributed by atoms with Gasteiger partial charge in [-0.25, -0.2) is 9.18 Å². The van der Waals surface area contributed by atoms with E-state index in [1.54, 1.807) is 12.3 Å². The Labute approximate surface area is 152 Å². The quantitative estimate of drug-likeness (QED) is 0.855. The predicted octanol–water partition coefficient (Wildman–Crippen LogP) is 1.60. The van der Waals surface area contributed by atoms with Gasteiger partial charge in [0.25, 0.3) is 0 Å². The van der Waals surface area contributed by atoms with Crippen molar-refractivity contribution in [3.05, 3.63) is 65.7 Å². The van der Waals surface area contributed by atoms with E-state index in [4.69, 9.17) is 4.74 Å². The first-order chi connectivity index (χ1) is 12.7. The number of ether oxygens (including phenoxy) is 1. The van der Waals surface area contributed by atoms with Crippen molar-refractivity contribution in [1.82, 2.24) is 10.3 Å². The summed E-state index contributed by atoms with van der Waals surface area (Å²) in [7, 11) is 0. The maximum Gasteiger partial charge on any atom is 0.407 e. The van der Waals surface area contributed by atoms with Gasteiger partial charge in [-0.1, -0.05) is 30.3 Å². The standard InChI is InChI=1S/C20H22FN3O2/c21-17-7-4-9-23-18(17)20(15-8-10-22-11-16(15)20)13-24-19(25)26-12-14-5-2-1-3-6-14/h1-7,9,15-16,22H,8,10-13H2,(H,24,25)/p+1. The summed E-state index contributed by atoms with van der Waals surface area (Å²) in [4.78, 5) is 16.5. The Morgan fingerprint density at radius 2 is 2.12 bits per heavy atom. The van der Waals surface area contributed by atoms with Crippen LogP contribution in [-0.4, -0.2) is 30.7 Å². The van der Waals surface area contributed by atoms with Crippen molar-refractivity contribution in [2.45, 2.75) is 18.4 Å². The molecule has 1 saturated carbocycles. The molecule has 1 aliphatic heterocycles. The number of hydrogen-bond acceptors (Lipinski definition) is 3. The average Bonchev–Trinajstić information content (AvgIpc) is 3.34. The van der Waals surface area contributed by atoms with Gasteiger partial charge in [0.2, 0.25) is 0 Å². The topological polar surface area (TPSA) is 67.8 Å². The van der Waals surface area contributed by atoms with Gasteiger partial charge in [-0.3, -0.25) is 4.98 Å². The SMILES string of the molecule is O=C(NCC1(c2ncccc2F)C2CC[NH2+]CC21)OCc1ccccc1. The fourth-order valence-electron chi connectivity index (χ4n) is 4.45. The van der Waals surface area contributed by atoms with E-state index in [2.05, 4.69) is 15.6 Å². The van der Waals surface area contributed by atoms with Crippen LogP contribution >= 0.6 is 0 Å². The first kappa shape index (κ1) is 17.0. The Morgan fingerprint density at radius 3 is 2.85 bits per heavy atom. The van der Waals surface area contributed by atoms with E-state index in [0.29, 0.717) is 24.1 Å². The third kappa shape index (κ3) is 3.05. The lowest BCUT2D eigenvalue weighted by atomic mass is 9.95. The normalized spacial score (nSPS) is 26.7. The van der Waals surface area contributed by atoms with Crippen LogP contribution in [0.5, 0.6) is 0 Å². The van der Waals surface area contributed by atoms with Crippen LogP contribution in [0.15, 0.2) is 48.7 Å². The Morgan fingerprint density at radius 1 is 1.27 bits per heavy atom. The second kappa shape index (κ2) is 7.03. The first-order valence-corrected chi connectivity index (χ1v) is 9.09. The second-order valence-corrected chi connectivity index (χ2v) is 7.10. The van der Waals surface area contributed by atoms with Crippen molar-refractivity contribution in [1.29, 1.82) is 0 Å². The molecule has 2 fully saturated rings. The number of aromatic nitrogens is 1. The van der Waals surface area contributed by atoms with Crippen LogP contribution in [-0.2, 0) is 16.8 Å². The van der Waals surface area contributed by atoms with Crippen LogP contribution in [0.3, 0.4) is 0 Å². The molecule has 5 nitrogen and oxygen atoms in total. The summed E-state index contributed by atoms with van der Waals surface area (Å²) >= 11 is 0. The Balaban J connectivity index is 1.43.